The van der Waals surface area contributed by atoms with Crippen LogP contribution in [0.25, 0.3) is 0 Å². The molecule has 0 heterocycles. The average molecular weight is 158 g/mol. The summed E-state index contributed by atoms with van der Waals surface area (Å²) in [5.41, 5.74) is 0. The maximum absolute atomic E-state index is 11.5. The first-order valence-electron chi connectivity index (χ1n) is 2.91. The molecule has 0 aromatic carbocycles. The highest BCUT2D eigenvalue weighted by Gasteiger charge is 2.15. The van der Waals surface area contributed by atoms with Crippen LogP contribution in [0.5, 0.6) is 0 Å². The lowest BCUT2D eigenvalue weighted by molar-refractivity contribution is 0.0181. The van der Waals surface area contributed by atoms with E-state index >= 15 is 0 Å². The Morgan fingerprint density at radius 3 is 1.30 bits per heavy atom. The largest absolute Gasteiger partial charge is 0.251 e. The summed E-state index contributed by atoms with van der Waals surface area (Å²) >= 11 is 0. The van der Waals surface area contributed by atoms with E-state index in [1.807, 2.05) is 0 Å². The molecule has 0 aliphatic carbocycles. The first-order chi connectivity index (χ1) is 3.97. The van der Waals surface area contributed by atoms with Crippen molar-refractivity contribution in [3.63, 3.8) is 0 Å². The molecule has 0 amide bonds. The van der Waals surface area contributed by atoms with Gasteiger partial charge in [0.25, 0.3) is 0 Å². The predicted molar refractivity (Wildman–Crippen MR) is 39.3 cm³/mol. The Morgan fingerprint density at radius 2 is 1.30 bits per heavy atom. The Balaban J connectivity index is -0.000000107. The van der Waals surface area contributed by atoms with Gasteiger partial charge in [-0.1, -0.05) is 14.4 Å². The minimum atomic E-state index is -2.46. The molecule has 3 heteroatoms. The van der Waals surface area contributed by atoms with E-state index in [-0.39, 0.29) is 20.5 Å². The van der Waals surface area contributed by atoms with Gasteiger partial charge >= 0.3 is 0 Å². The van der Waals surface area contributed by atoms with Crippen LogP contribution < -0.4 is 0 Å². The van der Waals surface area contributed by atoms with Crippen LogP contribution in [-0.2, 0) is 0 Å². The molecule has 0 aliphatic heterocycles. The zero-order chi connectivity index (χ0) is 7.91. The Bertz CT molecular complexity index is 47.3. The summed E-state index contributed by atoms with van der Waals surface area (Å²) < 4.78 is 33.2. The molecule has 0 aliphatic rings. The van der Waals surface area contributed by atoms with Crippen molar-refractivity contribution in [1.29, 1.82) is 0 Å². The van der Waals surface area contributed by atoms with Gasteiger partial charge in [-0.25, -0.2) is 8.78 Å². The van der Waals surface area contributed by atoms with Gasteiger partial charge < -0.3 is 0 Å². The Kier molecular flexibility index (Phi) is 14.4. The van der Waals surface area contributed by atoms with Gasteiger partial charge in [0.2, 0.25) is 5.92 Å². The van der Waals surface area contributed by atoms with Crippen LogP contribution in [0.3, 0.4) is 0 Å². The van der Waals surface area contributed by atoms with Crippen LogP contribution in [0.2, 0.25) is 0 Å². The van der Waals surface area contributed by atoms with Crippen LogP contribution in [0.4, 0.5) is 13.2 Å². The molecule has 0 bridgehead atoms. The molecule has 0 N–H and O–H groups in total. The van der Waals surface area contributed by atoms with Crippen molar-refractivity contribution in [3.05, 3.63) is 0 Å². The molecule has 0 saturated heterocycles. The lowest BCUT2D eigenvalue weighted by atomic mass is 10.3. The fourth-order valence-corrected chi connectivity index (χ4v) is 0. The molecule has 66 valence electrons. The fourth-order valence-electron chi connectivity index (χ4n) is 0. The van der Waals surface area contributed by atoms with Crippen LogP contribution >= 0.6 is 0 Å². The fraction of sp³-hybridized carbons (Fsp3) is 1.00. The van der Waals surface area contributed by atoms with E-state index in [9.17, 15) is 13.2 Å². The van der Waals surface area contributed by atoms with Gasteiger partial charge in [-0.05, 0) is 13.8 Å². The van der Waals surface area contributed by atoms with E-state index in [2.05, 4.69) is 0 Å². The van der Waals surface area contributed by atoms with Crippen molar-refractivity contribution < 1.29 is 13.2 Å². The molecule has 0 fully saturated rings. The van der Waals surface area contributed by atoms with Gasteiger partial charge in [-0.2, -0.15) is 0 Å². The number of hydrogen-bond acceptors (Lipinski definition) is 0. The molecule has 0 nitrogen and oxygen atoms in total. The highest BCUT2D eigenvalue weighted by Crippen LogP contribution is 2.14. The van der Waals surface area contributed by atoms with Crippen molar-refractivity contribution >= 4 is 0 Å². The SMILES string of the molecule is C.CCC(C)(F)F.CCF. The van der Waals surface area contributed by atoms with E-state index in [1.54, 1.807) is 0 Å². The number of rotatable bonds is 1. The molecule has 0 saturated carbocycles. The highest BCUT2D eigenvalue weighted by atomic mass is 19.3. The molecule has 0 aromatic heterocycles. The van der Waals surface area contributed by atoms with E-state index in [0.717, 1.165) is 6.92 Å². The van der Waals surface area contributed by atoms with Gasteiger partial charge in [0, 0.05) is 6.42 Å². The third-order valence-corrected chi connectivity index (χ3v) is 0.621. The molecule has 0 unspecified atom stereocenters. The number of alkyl halides is 3. The van der Waals surface area contributed by atoms with E-state index in [1.165, 1.54) is 13.8 Å². The predicted octanol–water partition coefficient (Wildman–Crippen LogP) is 3.66. The molecular weight excluding hydrogens is 141 g/mol. The first kappa shape index (κ1) is 16.4. The highest BCUT2D eigenvalue weighted by molar-refractivity contribution is 4.50. The summed E-state index contributed by atoms with van der Waals surface area (Å²) in [6, 6.07) is 0. The topological polar surface area (TPSA) is 0 Å². The molecule has 10 heavy (non-hydrogen) atoms. The minimum Gasteiger partial charge on any atom is -0.251 e. The number of hydrogen-bond donors (Lipinski definition) is 0. The van der Waals surface area contributed by atoms with Gasteiger partial charge in [0.1, 0.15) is 0 Å². The summed E-state index contributed by atoms with van der Waals surface area (Å²) in [6.07, 6.45) is -0.0625. The quantitative estimate of drug-likeness (QED) is 0.546. The zero-order valence-electron chi connectivity index (χ0n) is 6.05. The second-order valence-electron chi connectivity index (χ2n) is 1.69. The normalized spacial score (nSPS) is 9.00. The van der Waals surface area contributed by atoms with E-state index < -0.39 is 5.92 Å². The van der Waals surface area contributed by atoms with Gasteiger partial charge in [0.05, 0.1) is 6.67 Å². The molecule has 0 rings (SSSR count). The number of halogens is 3. The van der Waals surface area contributed by atoms with Crippen LogP contribution in [0, 0.1) is 0 Å². The van der Waals surface area contributed by atoms with Crippen LogP contribution in [0.15, 0.2) is 0 Å². The second-order valence-corrected chi connectivity index (χ2v) is 1.69. The van der Waals surface area contributed by atoms with Crippen molar-refractivity contribution in [2.45, 2.75) is 40.5 Å². The summed E-state index contributed by atoms with van der Waals surface area (Å²) in [6.45, 7) is 3.58. The van der Waals surface area contributed by atoms with E-state index in [0.29, 0.717) is 0 Å². The van der Waals surface area contributed by atoms with Gasteiger partial charge in [-0.3, -0.25) is 4.39 Å². The van der Waals surface area contributed by atoms with Crippen molar-refractivity contribution in [2.24, 2.45) is 0 Å². The van der Waals surface area contributed by atoms with Crippen LogP contribution in [0.1, 0.15) is 34.6 Å². The second kappa shape index (κ2) is 8.79. The van der Waals surface area contributed by atoms with E-state index in [4.69, 9.17) is 0 Å². The molecule has 0 spiro atoms. The summed E-state index contributed by atoms with van der Waals surface area (Å²) in [5.74, 6) is -2.46. The monoisotopic (exact) mass is 158 g/mol. The molecule has 0 atom stereocenters. The summed E-state index contributed by atoms with van der Waals surface area (Å²) in [7, 11) is 0. The molecular formula is C7H17F3. The maximum atomic E-state index is 11.5. The smallest absolute Gasteiger partial charge is 0.245 e. The maximum Gasteiger partial charge on any atom is 0.245 e. The Hall–Kier alpha value is -0.210. The van der Waals surface area contributed by atoms with Crippen molar-refractivity contribution in [2.75, 3.05) is 6.67 Å². The lowest BCUT2D eigenvalue weighted by Crippen LogP contribution is -2.05. The standard InChI is InChI=1S/C4H8F2.C2H5F.CH4/c1-3-4(2,5)6;1-2-3;/h3H2,1-2H3;2H2,1H3;1H4. The summed E-state index contributed by atoms with van der Waals surface area (Å²) in [4.78, 5) is 0. The average Bonchev–Trinajstić information content (AvgIpc) is 1.67. The third kappa shape index (κ3) is 46.1. The molecule has 0 aromatic rings. The third-order valence-electron chi connectivity index (χ3n) is 0.621. The van der Waals surface area contributed by atoms with Gasteiger partial charge in [0.15, 0.2) is 0 Å². The first-order valence-corrected chi connectivity index (χ1v) is 2.91. The Labute approximate surface area is 61.4 Å². The lowest BCUT2D eigenvalue weighted by Gasteiger charge is -2.02. The minimum absolute atomic E-state index is 0. The van der Waals surface area contributed by atoms with Crippen molar-refractivity contribution in [1.82, 2.24) is 0 Å². The van der Waals surface area contributed by atoms with Gasteiger partial charge in [-0.15, -0.1) is 0 Å². The summed E-state index contributed by atoms with van der Waals surface area (Å²) in [5, 5.41) is 0. The van der Waals surface area contributed by atoms with Crippen LogP contribution in [-0.4, -0.2) is 12.6 Å². The molecule has 0 radical (unpaired) electrons. The van der Waals surface area contributed by atoms with Crippen molar-refractivity contribution in [3.8, 4) is 0 Å². The Morgan fingerprint density at radius 1 is 1.20 bits per heavy atom. The zero-order valence-corrected chi connectivity index (χ0v) is 6.05.